The smallest absolute Gasteiger partial charge is 0.270 e. The lowest BCUT2D eigenvalue weighted by Crippen LogP contribution is -2.39. The van der Waals surface area contributed by atoms with E-state index in [0.29, 0.717) is 18.7 Å². The second-order valence-electron chi connectivity index (χ2n) is 8.50. The van der Waals surface area contributed by atoms with Gasteiger partial charge in [0.1, 0.15) is 17.2 Å². The highest BCUT2D eigenvalue weighted by molar-refractivity contribution is 5.98. The quantitative estimate of drug-likeness (QED) is 0.480. The highest BCUT2D eigenvalue weighted by Crippen LogP contribution is 2.29. The zero-order valence-electron chi connectivity index (χ0n) is 18.4. The van der Waals surface area contributed by atoms with Gasteiger partial charge in [0.2, 0.25) is 0 Å². The molecule has 0 aliphatic carbocycles. The average Bonchev–Trinajstić information content (AvgIpc) is 3.47. The predicted molar refractivity (Wildman–Crippen MR) is 123 cm³/mol. The first-order valence-electron chi connectivity index (χ1n) is 11.1. The highest BCUT2D eigenvalue weighted by atomic mass is 16.5. The van der Waals surface area contributed by atoms with Crippen LogP contribution in [0.15, 0.2) is 59.1 Å². The third-order valence-corrected chi connectivity index (χ3v) is 6.28. The number of hydrogen-bond donors (Lipinski definition) is 1. The number of oxazole rings is 1. The lowest BCUT2D eigenvalue weighted by atomic mass is 9.97. The Kier molecular flexibility index (Phi) is 5.43. The first kappa shape index (κ1) is 20.4. The molecule has 6 nitrogen and oxygen atoms in total. The van der Waals surface area contributed by atoms with Crippen molar-refractivity contribution >= 4 is 16.8 Å². The average molecular weight is 430 g/mol. The molecule has 0 radical (unpaired) electrons. The topological polar surface area (TPSA) is 71.4 Å². The number of ether oxygens (including phenoxy) is 1. The molecule has 1 amide bonds. The van der Waals surface area contributed by atoms with E-state index in [1.807, 2.05) is 47.4 Å². The van der Waals surface area contributed by atoms with Crippen LogP contribution in [0.4, 0.5) is 0 Å². The largest absolute Gasteiger partial charge is 0.497 e. The number of carbonyl (C=O) groups is 1. The summed E-state index contributed by atoms with van der Waals surface area (Å²) in [5.41, 5.74) is 3.95. The molecule has 4 aromatic rings. The first-order valence-corrected chi connectivity index (χ1v) is 11.1. The molecular formula is C26H27N3O3. The number of amides is 1. The summed E-state index contributed by atoms with van der Waals surface area (Å²) in [4.78, 5) is 22.9. The van der Waals surface area contributed by atoms with Crippen molar-refractivity contribution in [3.8, 4) is 5.75 Å². The van der Waals surface area contributed by atoms with E-state index in [0.717, 1.165) is 53.3 Å². The van der Waals surface area contributed by atoms with Crippen molar-refractivity contribution in [2.24, 2.45) is 0 Å². The number of carbonyl (C=O) groups excluding carboxylic acids is 1. The van der Waals surface area contributed by atoms with Crippen LogP contribution in [0.3, 0.4) is 0 Å². The minimum Gasteiger partial charge on any atom is -0.497 e. The van der Waals surface area contributed by atoms with Gasteiger partial charge in [-0.2, -0.15) is 0 Å². The summed E-state index contributed by atoms with van der Waals surface area (Å²) in [6.45, 7) is 3.44. The molecule has 1 atom stereocenters. The number of aryl methyl sites for hydroxylation is 1. The van der Waals surface area contributed by atoms with Gasteiger partial charge in [-0.15, -0.1) is 0 Å². The fraction of sp³-hybridized carbons (Fsp3) is 0.308. The number of benzene rings is 2. The van der Waals surface area contributed by atoms with E-state index in [-0.39, 0.29) is 11.8 Å². The molecule has 1 N–H and O–H groups in total. The Morgan fingerprint density at radius 3 is 2.88 bits per heavy atom. The third kappa shape index (κ3) is 4.00. The Balaban J connectivity index is 1.28. The summed E-state index contributed by atoms with van der Waals surface area (Å²) in [5, 5.41) is 1.10. The van der Waals surface area contributed by atoms with Crippen molar-refractivity contribution in [1.29, 1.82) is 0 Å². The number of aromatic amines is 1. The van der Waals surface area contributed by atoms with Gasteiger partial charge in [-0.1, -0.05) is 24.3 Å². The van der Waals surface area contributed by atoms with Crippen LogP contribution in [0.25, 0.3) is 10.9 Å². The van der Waals surface area contributed by atoms with E-state index in [4.69, 9.17) is 9.15 Å². The van der Waals surface area contributed by atoms with E-state index in [2.05, 4.69) is 23.0 Å². The Labute approximate surface area is 187 Å². The number of methoxy groups -OCH3 is 1. The number of nitrogens with one attached hydrogen (secondary N) is 1. The normalized spacial score (nSPS) is 16.4. The molecule has 32 heavy (non-hydrogen) atoms. The molecular weight excluding hydrogens is 402 g/mol. The standard InChI is InChI=1S/C26H27N3O3/c1-17-5-3-7-23-22(17)14-24(28-23)26(30)29-12-4-6-19(16-29)25-27-15-21(32-25)13-18-8-10-20(31-2)11-9-18/h3,5,7-11,14-15,19,28H,4,6,12-13,16H2,1-2H3. The number of rotatable bonds is 5. The Morgan fingerprint density at radius 2 is 2.09 bits per heavy atom. The Morgan fingerprint density at radius 1 is 1.25 bits per heavy atom. The Hall–Kier alpha value is -3.54. The summed E-state index contributed by atoms with van der Waals surface area (Å²) in [6.07, 6.45) is 4.39. The van der Waals surface area contributed by atoms with Crippen LogP contribution < -0.4 is 4.74 Å². The first-order chi connectivity index (χ1) is 15.6. The maximum atomic E-state index is 13.2. The summed E-state index contributed by atoms with van der Waals surface area (Å²) in [6, 6.07) is 16.0. The van der Waals surface area contributed by atoms with E-state index in [1.54, 1.807) is 13.3 Å². The van der Waals surface area contributed by atoms with E-state index < -0.39 is 0 Å². The third-order valence-electron chi connectivity index (χ3n) is 6.28. The summed E-state index contributed by atoms with van der Waals surface area (Å²) < 4.78 is 11.3. The molecule has 1 aliphatic heterocycles. The molecule has 0 saturated carbocycles. The van der Waals surface area contributed by atoms with Gasteiger partial charge in [-0.3, -0.25) is 4.79 Å². The summed E-state index contributed by atoms with van der Waals surface area (Å²) >= 11 is 0. The maximum Gasteiger partial charge on any atom is 0.270 e. The molecule has 1 fully saturated rings. The number of aromatic nitrogens is 2. The highest BCUT2D eigenvalue weighted by Gasteiger charge is 2.29. The second kappa shape index (κ2) is 8.54. The molecule has 1 saturated heterocycles. The van der Waals surface area contributed by atoms with Crippen molar-refractivity contribution in [2.45, 2.75) is 32.1 Å². The van der Waals surface area contributed by atoms with Gasteiger partial charge in [0.25, 0.3) is 5.91 Å². The van der Waals surface area contributed by atoms with Crippen LogP contribution in [-0.2, 0) is 6.42 Å². The molecule has 5 rings (SSSR count). The molecule has 0 bridgehead atoms. The van der Waals surface area contributed by atoms with Gasteiger partial charge < -0.3 is 19.0 Å². The molecule has 6 heteroatoms. The molecule has 164 valence electrons. The van der Waals surface area contributed by atoms with Crippen LogP contribution in [0.1, 0.15) is 52.0 Å². The minimum absolute atomic E-state index is 0.0373. The number of likely N-dealkylation sites (tertiary alicyclic amines) is 1. The lowest BCUT2D eigenvalue weighted by molar-refractivity contribution is 0.0693. The predicted octanol–water partition coefficient (Wildman–Crippen LogP) is 5.08. The van der Waals surface area contributed by atoms with Crippen molar-refractivity contribution in [3.63, 3.8) is 0 Å². The van der Waals surface area contributed by atoms with Crippen molar-refractivity contribution in [3.05, 3.63) is 83.2 Å². The van der Waals surface area contributed by atoms with Crippen molar-refractivity contribution in [1.82, 2.24) is 14.9 Å². The minimum atomic E-state index is 0.0373. The number of nitrogens with zero attached hydrogens (tertiary/aromatic N) is 2. The van der Waals surface area contributed by atoms with Gasteiger partial charge in [0.05, 0.1) is 19.2 Å². The van der Waals surface area contributed by atoms with E-state index >= 15 is 0 Å². The van der Waals surface area contributed by atoms with E-state index in [9.17, 15) is 4.79 Å². The Bertz CT molecular complexity index is 1240. The fourth-order valence-corrected chi connectivity index (χ4v) is 4.49. The summed E-state index contributed by atoms with van der Waals surface area (Å²) in [5.74, 6) is 2.54. The fourth-order valence-electron chi connectivity index (χ4n) is 4.49. The van der Waals surface area contributed by atoms with Gasteiger partial charge in [0, 0.05) is 30.4 Å². The molecule has 1 unspecified atom stereocenters. The zero-order chi connectivity index (χ0) is 22.1. The molecule has 3 heterocycles. The molecule has 0 spiro atoms. The van der Waals surface area contributed by atoms with Crippen molar-refractivity contribution in [2.75, 3.05) is 20.2 Å². The van der Waals surface area contributed by atoms with Crippen LogP contribution in [0.2, 0.25) is 0 Å². The van der Waals surface area contributed by atoms with Crippen LogP contribution in [-0.4, -0.2) is 41.0 Å². The zero-order valence-corrected chi connectivity index (χ0v) is 18.4. The summed E-state index contributed by atoms with van der Waals surface area (Å²) in [7, 11) is 1.66. The number of hydrogen-bond acceptors (Lipinski definition) is 4. The number of H-pyrrole nitrogens is 1. The van der Waals surface area contributed by atoms with Crippen molar-refractivity contribution < 1.29 is 13.9 Å². The lowest BCUT2D eigenvalue weighted by Gasteiger charge is -2.31. The van der Waals surface area contributed by atoms with E-state index in [1.165, 1.54) is 5.56 Å². The second-order valence-corrected chi connectivity index (χ2v) is 8.50. The monoisotopic (exact) mass is 429 g/mol. The van der Waals surface area contributed by atoms with Gasteiger partial charge in [-0.05, 0) is 55.2 Å². The van der Waals surface area contributed by atoms with Crippen LogP contribution >= 0.6 is 0 Å². The SMILES string of the molecule is COc1ccc(Cc2cnc(C3CCCN(C(=O)c4cc5c(C)cccc5[nH]4)C3)o2)cc1. The van der Waals surface area contributed by atoms with Gasteiger partial charge in [0.15, 0.2) is 5.89 Å². The van der Waals surface area contributed by atoms with Crippen LogP contribution in [0, 0.1) is 6.92 Å². The molecule has 2 aromatic carbocycles. The number of piperidine rings is 1. The van der Waals surface area contributed by atoms with Crippen LogP contribution in [0.5, 0.6) is 5.75 Å². The maximum absolute atomic E-state index is 13.2. The molecule has 1 aliphatic rings. The van der Waals surface area contributed by atoms with Gasteiger partial charge in [-0.25, -0.2) is 4.98 Å². The van der Waals surface area contributed by atoms with Gasteiger partial charge >= 0.3 is 0 Å². The molecule has 2 aromatic heterocycles. The number of fused-ring (bicyclic) bond motifs is 1.